The number of amides is 1. The highest BCUT2D eigenvalue weighted by molar-refractivity contribution is 5.68. The van der Waals surface area contributed by atoms with E-state index >= 15 is 0 Å². The van der Waals surface area contributed by atoms with Crippen LogP contribution in [-0.2, 0) is 4.74 Å². The normalized spacial score (nSPS) is 19.2. The average Bonchev–Trinajstić information content (AvgIpc) is 2.37. The monoisotopic (exact) mass is 293 g/mol. The summed E-state index contributed by atoms with van der Waals surface area (Å²) >= 11 is 0. The molecule has 0 radical (unpaired) electrons. The van der Waals surface area contributed by atoms with Crippen molar-refractivity contribution in [3.8, 4) is 5.88 Å². The zero-order chi connectivity index (χ0) is 15.5. The fraction of sp³-hybridized carbons (Fsp3) is 0.667. The summed E-state index contributed by atoms with van der Waals surface area (Å²) in [7, 11) is 0. The van der Waals surface area contributed by atoms with E-state index in [1.54, 1.807) is 17.2 Å². The molecule has 1 aromatic heterocycles. The molecule has 2 rings (SSSR count). The summed E-state index contributed by atoms with van der Waals surface area (Å²) < 4.78 is 11.2. The Bertz CT molecular complexity index is 499. The lowest BCUT2D eigenvalue weighted by molar-refractivity contribution is 0.00718. The van der Waals surface area contributed by atoms with Crippen molar-refractivity contribution in [1.82, 2.24) is 14.9 Å². The number of nitrogens with zero attached hydrogens (tertiary/aromatic N) is 3. The van der Waals surface area contributed by atoms with Crippen molar-refractivity contribution >= 4 is 6.09 Å². The van der Waals surface area contributed by atoms with E-state index < -0.39 is 5.60 Å². The molecule has 6 nitrogen and oxygen atoms in total. The average molecular weight is 293 g/mol. The van der Waals surface area contributed by atoms with Gasteiger partial charge in [0.1, 0.15) is 17.5 Å². The molecule has 116 valence electrons. The Balaban J connectivity index is 1.93. The summed E-state index contributed by atoms with van der Waals surface area (Å²) in [6, 6.07) is 1.74. The third kappa shape index (κ3) is 4.88. The minimum atomic E-state index is -0.478. The van der Waals surface area contributed by atoms with Crippen LogP contribution in [0.15, 0.2) is 12.3 Å². The van der Waals surface area contributed by atoms with Crippen molar-refractivity contribution in [2.75, 3.05) is 13.1 Å². The molecule has 2 heterocycles. The Labute approximate surface area is 125 Å². The van der Waals surface area contributed by atoms with Crippen LogP contribution in [0.1, 0.15) is 39.4 Å². The van der Waals surface area contributed by atoms with Crippen LogP contribution in [0.3, 0.4) is 0 Å². The Morgan fingerprint density at radius 2 is 2.19 bits per heavy atom. The van der Waals surface area contributed by atoms with E-state index in [4.69, 9.17) is 9.47 Å². The zero-order valence-electron chi connectivity index (χ0n) is 13.1. The molecule has 1 aliphatic heterocycles. The van der Waals surface area contributed by atoms with E-state index in [-0.39, 0.29) is 12.2 Å². The molecule has 1 atom stereocenters. The summed E-state index contributed by atoms with van der Waals surface area (Å²) in [4.78, 5) is 22.1. The van der Waals surface area contributed by atoms with Crippen LogP contribution < -0.4 is 4.74 Å². The van der Waals surface area contributed by atoms with Gasteiger partial charge in [0.15, 0.2) is 0 Å². The molecular weight excluding hydrogens is 270 g/mol. The zero-order valence-corrected chi connectivity index (χ0v) is 13.1. The highest BCUT2D eigenvalue weighted by atomic mass is 16.6. The van der Waals surface area contributed by atoms with Gasteiger partial charge in [-0.1, -0.05) is 0 Å². The van der Waals surface area contributed by atoms with E-state index in [0.717, 1.165) is 12.8 Å². The van der Waals surface area contributed by atoms with Crippen LogP contribution in [0.2, 0.25) is 0 Å². The Morgan fingerprint density at radius 3 is 2.86 bits per heavy atom. The van der Waals surface area contributed by atoms with Crippen LogP contribution in [0.25, 0.3) is 0 Å². The molecule has 1 fully saturated rings. The van der Waals surface area contributed by atoms with E-state index in [1.165, 1.54) is 0 Å². The fourth-order valence-electron chi connectivity index (χ4n) is 2.20. The van der Waals surface area contributed by atoms with Gasteiger partial charge >= 0.3 is 6.09 Å². The van der Waals surface area contributed by atoms with Crippen molar-refractivity contribution in [2.24, 2.45) is 0 Å². The molecule has 0 aromatic carbocycles. The van der Waals surface area contributed by atoms with Gasteiger partial charge in [-0.05, 0) is 40.5 Å². The predicted octanol–water partition coefficient (Wildman–Crippen LogP) is 2.56. The largest absolute Gasteiger partial charge is 0.472 e. The third-order valence-corrected chi connectivity index (χ3v) is 3.07. The van der Waals surface area contributed by atoms with Gasteiger partial charge in [0.05, 0.1) is 6.54 Å². The number of ether oxygens (including phenoxy) is 2. The van der Waals surface area contributed by atoms with Crippen molar-refractivity contribution in [3.05, 3.63) is 18.1 Å². The summed E-state index contributed by atoms with van der Waals surface area (Å²) in [5, 5.41) is 0. The van der Waals surface area contributed by atoms with Gasteiger partial charge in [-0.25, -0.2) is 9.78 Å². The van der Waals surface area contributed by atoms with Gasteiger partial charge in [0.2, 0.25) is 5.88 Å². The standard InChI is InChI=1S/C15H23N3O3/c1-11-16-8-7-13(17-11)20-12-6-5-9-18(10-12)14(19)21-15(2,3)4/h7-8,12H,5-6,9-10H2,1-4H3. The van der Waals surface area contributed by atoms with Gasteiger partial charge in [-0.15, -0.1) is 0 Å². The van der Waals surface area contributed by atoms with Gasteiger partial charge in [-0.3, -0.25) is 0 Å². The van der Waals surface area contributed by atoms with Crippen LogP contribution in [0.4, 0.5) is 4.79 Å². The van der Waals surface area contributed by atoms with Crippen molar-refractivity contribution < 1.29 is 14.3 Å². The second-order valence-electron chi connectivity index (χ2n) is 6.25. The lowest BCUT2D eigenvalue weighted by atomic mass is 10.1. The maximum absolute atomic E-state index is 12.1. The molecule has 1 unspecified atom stereocenters. The van der Waals surface area contributed by atoms with E-state index in [9.17, 15) is 4.79 Å². The number of aryl methyl sites for hydroxylation is 1. The molecule has 0 spiro atoms. The van der Waals surface area contributed by atoms with Crippen molar-refractivity contribution in [3.63, 3.8) is 0 Å². The molecule has 0 aliphatic carbocycles. The van der Waals surface area contributed by atoms with Crippen molar-refractivity contribution in [1.29, 1.82) is 0 Å². The number of hydrogen-bond donors (Lipinski definition) is 0. The summed E-state index contributed by atoms with van der Waals surface area (Å²) in [6.45, 7) is 8.65. The highest BCUT2D eigenvalue weighted by Crippen LogP contribution is 2.19. The SMILES string of the molecule is Cc1nccc(OC2CCCN(C(=O)OC(C)(C)C)C2)n1. The van der Waals surface area contributed by atoms with Gasteiger partial charge in [0, 0.05) is 18.8 Å². The van der Waals surface area contributed by atoms with Crippen LogP contribution in [0.5, 0.6) is 5.88 Å². The van der Waals surface area contributed by atoms with Crippen molar-refractivity contribution in [2.45, 2.75) is 52.2 Å². The quantitative estimate of drug-likeness (QED) is 0.838. The smallest absolute Gasteiger partial charge is 0.410 e. The molecule has 21 heavy (non-hydrogen) atoms. The third-order valence-electron chi connectivity index (χ3n) is 3.07. The Hall–Kier alpha value is -1.85. The number of piperidine rings is 1. The lowest BCUT2D eigenvalue weighted by Gasteiger charge is -2.33. The van der Waals surface area contributed by atoms with Crippen LogP contribution >= 0.6 is 0 Å². The maximum atomic E-state index is 12.1. The number of carbonyl (C=O) groups is 1. The second kappa shape index (κ2) is 6.28. The molecule has 1 aliphatic rings. The lowest BCUT2D eigenvalue weighted by Crippen LogP contribution is -2.46. The van der Waals surface area contributed by atoms with E-state index in [0.29, 0.717) is 24.8 Å². The first kappa shape index (κ1) is 15.5. The molecule has 1 aromatic rings. The minimum absolute atomic E-state index is 0.0550. The predicted molar refractivity (Wildman–Crippen MR) is 78.2 cm³/mol. The first-order valence-electron chi connectivity index (χ1n) is 7.28. The molecular formula is C15H23N3O3. The number of rotatable bonds is 2. The Morgan fingerprint density at radius 1 is 1.43 bits per heavy atom. The number of likely N-dealkylation sites (tertiary alicyclic amines) is 1. The summed E-state index contributed by atoms with van der Waals surface area (Å²) in [5.74, 6) is 1.23. The van der Waals surface area contributed by atoms with Crippen LogP contribution in [-0.4, -0.2) is 45.8 Å². The molecule has 0 bridgehead atoms. The number of aromatic nitrogens is 2. The number of carbonyl (C=O) groups excluding carboxylic acids is 1. The molecule has 0 N–H and O–H groups in total. The first-order chi connectivity index (χ1) is 9.83. The van der Waals surface area contributed by atoms with Gasteiger partial charge in [0.25, 0.3) is 0 Å². The van der Waals surface area contributed by atoms with Gasteiger partial charge < -0.3 is 14.4 Å². The maximum Gasteiger partial charge on any atom is 0.410 e. The summed E-state index contributed by atoms with van der Waals surface area (Å²) in [6.07, 6.45) is 3.14. The summed E-state index contributed by atoms with van der Waals surface area (Å²) in [5.41, 5.74) is -0.478. The van der Waals surface area contributed by atoms with Gasteiger partial charge in [-0.2, -0.15) is 4.98 Å². The first-order valence-corrected chi connectivity index (χ1v) is 7.28. The highest BCUT2D eigenvalue weighted by Gasteiger charge is 2.28. The topological polar surface area (TPSA) is 64.5 Å². The molecule has 6 heteroatoms. The fourth-order valence-corrected chi connectivity index (χ4v) is 2.20. The van der Waals surface area contributed by atoms with E-state index in [1.807, 2.05) is 27.7 Å². The molecule has 1 saturated heterocycles. The van der Waals surface area contributed by atoms with E-state index in [2.05, 4.69) is 9.97 Å². The Kier molecular flexibility index (Phi) is 4.65. The second-order valence-corrected chi connectivity index (χ2v) is 6.25. The van der Waals surface area contributed by atoms with Crippen LogP contribution in [0, 0.1) is 6.92 Å². The number of hydrogen-bond acceptors (Lipinski definition) is 5. The molecule has 0 saturated carbocycles. The minimum Gasteiger partial charge on any atom is -0.472 e. The molecule has 1 amide bonds.